The van der Waals surface area contributed by atoms with Gasteiger partial charge in [0.05, 0.1) is 11.6 Å². The normalized spacial score (nSPS) is 15.9. The molecule has 28 heavy (non-hydrogen) atoms. The summed E-state index contributed by atoms with van der Waals surface area (Å²) < 4.78 is 0. The highest BCUT2D eigenvalue weighted by Crippen LogP contribution is 2.33. The molecule has 1 amide bonds. The van der Waals surface area contributed by atoms with Crippen LogP contribution < -0.4 is 5.73 Å². The monoisotopic (exact) mass is 443 g/mol. The lowest BCUT2D eigenvalue weighted by Crippen LogP contribution is -2.57. The molecule has 1 aliphatic rings. The van der Waals surface area contributed by atoms with Crippen LogP contribution in [0.15, 0.2) is 54.6 Å². The molecule has 1 fully saturated rings. The Morgan fingerprint density at radius 2 is 1.50 bits per heavy atom. The summed E-state index contributed by atoms with van der Waals surface area (Å²) in [6.45, 7) is 6.44. The summed E-state index contributed by atoms with van der Waals surface area (Å²) in [5, 5.41) is 0.767. The van der Waals surface area contributed by atoms with Crippen LogP contribution in [0.2, 0.25) is 5.02 Å². The molecule has 0 radical (unpaired) electrons. The predicted octanol–water partition coefficient (Wildman–Crippen LogP) is 4.15. The number of nitrogens with zero attached hydrogens (tertiary/aromatic N) is 2. The van der Waals surface area contributed by atoms with Crippen LogP contribution in [0.5, 0.6) is 0 Å². The zero-order chi connectivity index (χ0) is 18.7. The second-order valence-electron chi connectivity index (χ2n) is 7.38. The lowest BCUT2D eigenvalue weighted by Gasteiger charge is -2.41. The summed E-state index contributed by atoms with van der Waals surface area (Å²) in [7, 11) is 0. The van der Waals surface area contributed by atoms with Crippen molar-refractivity contribution < 1.29 is 4.79 Å². The van der Waals surface area contributed by atoms with Crippen molar-refractivity contribution in [3.63, 3.8) is 0 Å². The van der Waals surface area contributed by atoms with E-state index in [2.05, 4.69) is 35.2 Å². The molecular weight excluding hydrogens is 417 g/mol. The highest BCUT2D eigenvalue weighted by Gasteiger charge is 2.33. The van der Waals surface area contributed by atoms with Gasteiger partial charge in [0.2, 0.25) is 5.91 Å². The van der Waals surface area contributed by atoms with Gasteiger partial charge in [-0.25, -0.2) is 0 Å². The van der Waals surface area contributed by atoms with Gasteiger partial charge in [-0.3, -0.25) is 9.69 Å². The van der Waals surface area contributed by atoms with Crippen molar-refractivity contribution in [2.24, 2.45) is 5.73 Å². The fraction of sp³-hybridized carbons (Fsp3) is 0.381. The lowest BCUT2D eigenvalue weighted by atomic mass is 9.96. The van der Waals surface area contributed by atoms with Gasteiger partial charge in [0.15, 0.2) is 0 Å². The van der Waals surface area contributed by atoms with Gasteiger partial charge in [-0.05, 0) is 31.0 Å². The number of carbonyl (C=O) groups excluding carboxylic acids is 1. The third kappa shape index (κ3) is 5.62. The Morgan fingerprint density at radius 3 is 2.04 bits per heavy atom. The summed E-state index contributed by atoms with van der Waals surface area (Å²) in [4.78, 5) is 16.7. The number of benzene rings is 2. The largest absolute Gasteiger partial charge is 0.339 e. The Hall–Kier alpha value is -1.30. The summed E-state index contributed by atoms with van der Waals surface area (Å²) >= 11 is 6.52. The van der Waals surface area contributed by atoms with Gasteiger partial charge in [0.25, 0.3) is 0 Å². The molecule has 0 saturated carbocycles. The number of nitrogens with two attached hydrogens (primary N) is 1. The lowest BCUT2D eigenvalue weighted by molar-refractivity contribution is -0.137. The van der Waals surface area contributed by atoms with Crippen LogP contribution in [0.4, 0.5) is 0 Å². The Labute approximate surface area is 184 Å². The number of hydrogen-bond donors (Lipinski definition) is 1. The summed E-state index contributed by atoms with van der Waals surface area (Å²) in [6.07, 6.45) is 0. The number of halogens is 3. The molecule has 4 nitrogen and oxygen atoms in total. The predicted molar refractivity (Wildman–Crippen MR) is 121 cm³/mol. The molecule has 0 aromatic heterocycles. The van der Waals surface area contributed by atoms with Crippen LogP contribution in [-0.4, -0.2) is 47.4 Å². The average molecular weight is 445 g/mol. The van der Waals surface area contributed by atoms with Crippen LogP contribution in [0.3, 0.4) is 0 Å². The first-order valence-electron chi connectivity index (χ1n) is 8.99. The van der Waals surface area contributed by atoms with Gasteiger partial charge < -0.3 is 10.6 Å². The molecule has 0 bridgehead atoms. The third-order valence-electron chi connectivity index (χ3n) is 4.83. The van der Waals surface area contributed by atoms with E-state index in [4.69, 9.17) is 17.3 Å². The number of rotatable bonds is 4. The van der Waals surface area contributed by atoms with Crippen LogP contribution in [0, 0.1) is 0 Å². The van der Waals surface area contributed by atoms with Gasteiger partial charge in [-0.15, -0.1) is 24.8 Å². The number of amides is 1. The fourth-order valence-electron chi connectivity index (χ4n) is 3.51. The first-order chi connectivity index (χ1) is 12.4. The van der Waals surface area contributed by atoms with Crippen molar-refractivity contribution >= 4 is 42.3 Å². The zero-order valence-electron chi connectivity index (χ0n) is 16.2. The van der Waals surface area contributed by atoms with Gasteiger partial charge in [0, 0.05) is 31.2 Å². The minimum absolute atomic E-state index is 0. The van der Waals surface area contributed by atoms with E-state index in [1.807, 2.05) is 29.2 Å². The molecular formula is C21H28Cl3N3O. The number of carbonyl (C=O) groups is 1. The molecule has 1 heterocycles. The molecule has 1 atom stereocenters. The van der Waals surface area contributed by atoms with Crippen molar-refractivity contribution in [1.29, 1.82) is 0 Å². The Balaban J connectivity index is 0.00000196. The molecule has 0 spiro atoms. The van der Waals surface area contributed by atoms with E-state index in [0.29, 0.717) is 13.1 Å². The maximum Gasteiger partial charge on any atom is 0.242 e. The second-order valence-corrected chi connectivity index (χ2v) is 7.79. The quantitative estimate of drug-likeness (QED) is 0.770. The van der Waals surface area contributed by atoms with E-state index in [1.54, 1.807) is 13.8 Å². The Morgan fingerprint density at radius 1 is 0.964 bits per heavy atom. The minimum Gasteiger partial charge on any atom is -0.339 e. The summed E-state index contributed by atoms with van der Waals surface area (Å²) in [5.41, 5.74) is 7.46. The molecule has 1 aliphatic heterocycles. The molecule has 2 N–H and O–H groups in total. The highest BCUT2D eigenvalue weighted by molar-refractivity contribution is 6.31. The van der Waals surface area contributed by atoms with Crippen LogP contribution in [-0.2, 0) is 4.79 Å². The fourth-order valence-corrected chi connectivity index (χ4v) is 3.75. The molecule has 0 aliphatic carbocycles. The summed E-state index contributed by atoms with van der Waals surface area (Å²) in [6, 6.07) is 18.5. The molecule has 7 heteroatoms. The molecule has 1 unspecified atom stereocenters. The van der Waals surface area contributed by atoms with Crippen LogP contribution >= 0.6 is 36.4 Å². The van der Waals surface area contributed by atoms with Crippen LogP contribution in [0.1, 0.15) is 31.0 Å². The van der Waals surface area contributed by atoms with Gasteiger partial charge in [-0.1, -0.05) is 60.1 Å². The zero-order valence-corrected chi connectivity index (χ0v) is 18.6. The summed E-state index contributed by atoms with van der Waals surface area (Å²) in [5.74, 6) is 0.00570. The van der Waals surface area contributed by atoms with Crippen molar-refractivity contribution in [2.75, 3.05) is 26.2 Å². The van der Waals surface area contributed by atoms with Crippen LogP contribution in [0.25, 0.3) is 0 Å². The highest BCUT2D eigenvalue weighted by atomic mass is 35.5. The van der Waals surface area contributed by atoms with E-state index in [-0.39, 0.29) is 36.8 Å². The SMILES string of the molecule is CC(C)(N)C(=O)N1CCN(C(c2ccccc2)c2ccccc2Cl)CC1.Cl.Cl. The van der Waals surface area contributed by atoms with Crippen molar-refractivity contribution in [2.45, 2.75) is 25.4 Å². The Bertz CT molecular complexity index is 757. The topological polar surface area (TPSA) is 49.6 Å². The van der Waals surface area contributed by atoms with Crippen molar-refractivity contribution in [3.8, 4) is 0 Å². The van der Waals surface area contributed by atoms with Gasteiger partial charge in [0.1, 0.15) is 0 Å². The first-order valence-corrected chi connectivity index (χ1v) is 9.37. The maximum atomic E-state index is 12.5. The van der Waals surface area contributed by atoms with Gasteiger partial charge in [-0.2, -0.15) is 0 Å². The van der Waals surface area contributed by atoms with Crippen molar-refractivity contribution in [3.05, 3.63) is 70.7 Å². The Kier molecular flexibility index (Phi) is 9.25. The van der Waals surface area contributed by atoms with Crippen molar-refractivity contribution in [1.82, 2.24) is 9.80 Å². The molecule has 3 rings (SSSR count). The molecule has 2 aromatic carbocycles. The minimum atomic E-state index is -0.830. The second kappa shape index (κ2) is 10.5. The van der Waals surface area contributed by atoms with E-state index >= 15 is 0 Å². The third-order valence-corrected chi connectivity index (χ3v) is 5.18. The van der Waals surface area contributed by atoms with E-state index in [0.717, 1.165) is 23.7 Å². The maximum absolute atomic E-state index is 12.5. The van der Waals surface area contributed by atoms with Gasteiger partial charge >= 0.3 is 0 Å². The van der Waals surface area contributed by atoms with E-state index in [1.165, 1.54) is 5.56 Å². The van der Waals surface area contributed by atoms with E-state index in [9.17, 15) is 4.79 Å². The number of piperazine rings is 1. The van der Waals surface area contributed by atoms with E-state index < -0.39 is 5.54 Å². The smallest absolute Gasteiger partial charge is 0.242 e. The first kappa shape index (κ1) is 24.7. The number of hydrogen-bond acceptors (Lipinski definition) is 3. The average Bonchev–Trinajstić information content (AvgIpc) is 2.64. The molecule has 2 aromatic rings. The standard InChI is InChI=1S/C21H26ClN3O.2ClH/c1-21(2,23)20(26)25-14-12-24(13-15-25)19(16-8-4-3-5-9-16)17-10-6-7-11-18(17)22;;/h3-11,19H,12-15,23H2,1-2H3;2*1H. The molecule has 1 saturated heterocycles. The molecule has 154 valence electrons.